The fraction of sp³-hybridized carbons (Fsp3) is 0.207. The van der Waals surface area contributed by atoms with Crippen molar-refractivity contribution in [3.8, 4) is 11.5 Å². The zero-order chi connectivity index (χ0) is 26.6. The van der Waals surface area contributed by atoms with E-state index in [1.807, 2.05) is 18.2 Å². The van der Waals surface area contributed by atoms with Gasteiger partial charge in [-0.05, 0) is 71.6 Å². The second-order valence-corrected chi connectivity index (χ2v) is 9.82. The van der Waals surface area contributed by atoms with Crippen LogP contribution in [-0.4, -0.2) is 35.4 Å². The molecule has 0 bridgehead atoms. The Morgan fingerprint density at radius 1 is 1.08 bits per heavy atom. The van der Waals surface area contributed by atoms with Crippen LogP contribution in [0.15, 0.2) is 72.1 Å². The van der Waals surface area contributed by atoms with Gasteiger partial charge in [-0.3, -0.25) is 9.59 Å². The minimum absolute atomic E-state index is 0.0421. The first-order valence-electron chi connectivity index (χ1n) is 12.1. The summed E-state index contributed by atoms with van der Waals surface area (Å²) in [6.45, 7) is 2.33. The quantitative estimate of drug-likeness (QED) is 0.335. The van der Waals surface area contributed by atoms with Crippen molar-refractivity contribution in [1.82, 2.24) is 9.88 Å². The van der Waals surface area contributed by atoms with E-state index in [1.54, 1.807) is 60.7 Å². The number of thiazole rings is 1. The molecule has 5 rings (SSSR count). The molecule has 0 radical (unpaired) electrons. The van der Waals surface area contributed by atoms with E-state index in [1.165, 1.54) is 23.5 Å². The number of aromatic nitrogens is 1. The van der Waals surface area contributed by atoms with Gasteiger partial charge in [0, 0.05) is 24.5 Å². The Labute approximate surface area is 223 Å². The van der Waals surface area contributed by atoms with Gasteiger partial charge in [-0.15, -0.1) is 11.3 Å². The number of carbonyl (C=O) groups is 2. The van der Waals surface area contributed by atoms with Gasteiger partial charge >= 0.3 is 0 Å². The maximum absolute atomic E-state index is 13.6. The van der Waals surface area contributed by atoms with Crippen LogP contribution in [0.1, 0.15) is 45.2 Å². The van der Waals surface area contributed by atoms with Crippen molar-refractivity contribution in [3.05, 3.63) is 105 Å². The van der Waals surface area contributed by atoms with E-state index in [2.05, 4.69) is 10.3 Å². The molecule has 1 aliphatic rings. The van der Waals surface area contributed by atoms with Gasteiger partial charge in [-0.25, -0.2) is 9.37 Å². The van der Waals surface area contributed by atoms with Crippen LogP contribution < -0.4 is 14.8 Å². The summed E-state index contributed by atoms with van der Waals surface area (Å²) in [6, 6.07) is 18.8. The van der Waals surface area contributed by atoms with Gasteiger partial charge in [0.1, 0.15) is 34.6 Å². The average molecular weight is 532 g/mol. The van der Waals surface area contributed by atoms with Gasteiger partial charge < -0.3 is 19.7 Å². The molecular formula is C29H26FN3O4S. The minimum Gasteiger partial charge on any atom is -0.497 e. The highest BCUT2D eigenvalue weighted by molar-refractivity contribution is 7.09. The number of halogens is 1. The number of hydrogen-bond donors (Lipinski definition) is 1. The second kappa shape index (κ2) is 11.0. The fourth-order valence-electron chi connectivity index (χ4n) is 4.52. The molecule has 2 heterocycles. The van der Waals surface area contributed by atoms with Crippen LogP contribution in [-0.2, 0) is 17.8 Å². The number of methoxy groups -OCH3 is 1. The van der Waals surface area contributed by atoms with Crippen LogP contribution in [0.3, 0.4) is 0 Å². The molecule has 0 saturated heterocycles. The molecule has 0 aliphatic carbocycles. The molecule has 0 spiro atoms. The molecule has 7 nitrogen and oxygen atoms in total. The van der Waals surface area contributed by atoms with Gasteiger partial charge in [-0.1, -0.05) is 18.2 Å². The lowest BCUT2D eigenvalue weighted by atomic mass is 9.88. The molecule has 1 aliphatic heterocycles. The third-order valence-corrected chi connectivity index (χ3v) is 7.25. The first-order valence-corrected chi connectivity index (χ1v) is 13.0. The predicted molar refractivity (Wildman–Crippen MR) is 143 cm³/mol. The van der Waals surface area contributed by atoms with Crippen LogP contribution in [0.25, 0.3) is 0 Å². The van der Waals surface area contributed by atoms with Crippen molar-refractivity contribution >= 4 is 28.8 Å². The van der Waals surface area contributed by atoms with E-state index in [9.17, 15) is 14.0 Å². The van der Waals surface area contributed by atoms with E-state index in [0.29, 0.717) is 34.4 Å². The molecule has 1 N–H and O–H groups in total. The first-order chi connectivity index (χ1) is 18.4. The number of benzene rings is 3. The number of carbonyl (C=O) groups excluding carboxylic acids is 2. The molecule has 194 valence electrons. The van der Waals surface area contributed by atoms with Crippen LogP contribution >= 0.6 is 11.3 Å². The molecule has 38 heavy (non-hydrogen) atoms. The summed E-state index contributed by atoms with van der Waals surface area (Å²) in [7, 11) is 1.58. The molecule has 9 heteroatoms. The number of nitrogens with one attached hydrogen (secondary N) is 1. The third kappa shape index (κ3) is 5.52. The van der Waals surface area contributed by atoms with Crippen LogP contribution in [0.4, 0.5) is 10.1 Å². The Hall–Kier alpha value is -4.24. The Bertz CT molecular complexity index is 1450. The number of anilines is 1. The SMILES string of the molecule is COc1ccc(NC(=O)c2csc(COc3ccc4c(c3)[C@H](c3ccc(F)cc3)N(C(C)=O)CC4)n2)cc1. The van der Waals surface area contributed by atoms with Crippen molar-refractivity contribution in [2.24, 2.45) is 0 Å². The standard InChI is InChI=1S/C29H26FN3O4S/c1-18(34)33-14-13-19-5-10-24(15-25(19)28(33)20-3-6-21(30)7-4-20)37-16-27-32-26(17-38-27)29(35)31-22-8-11-23(36-2)12-9-22/h3-12,15,17,28H,13-14,16H2,1-2H3,(H,31,35)/t28-/m0/s1. The topological polar surface area (TPSA) is 80.8 Å². The van der Waals surface area contributed by atoms with Crippen molar-refractivity contribution in [1.29, 1.82) is 0 Å². The van der Waals surface area contributed by atoms with Crippen LogP contribution in [0, 0.1) is 5.82 Å². The van der Waals surface area contributed by atoms with E-state index in [0.717, 1.165) is 23.1 Å². The molecule has 0 fully saturated rings. The monoisotopic (exact) mass is 531 g/mol. The number of fused-ring (bicyclic) bond motifs is 1. The zero-order valence-electron chi connectivity index (χ0n) is 20.9. The van der Waals surface area contributed by atoms with Gasteiger partial charge in [0.2, 0.25) is 5.91 Å². The Morgan fingerprint density at radius 2 is 1.82 bits per heavy atom. The number of rotatable bonds is 7. The highest BCUT2D eigenvalue weighted by Crippen LogP contribution is 2.37. The Morgan fingerprint density at radius 3 is 2.53 bits per heavy atom. The summed E-state index contributed by atoms with van der Waals surface area (Å²) in [4.78, 5) is 31.2. The maximum Gasteiger partial charge on any atom is 0.275 e. The minimum atomic E-state index is -0.325. The van der Waals surface area contributed by atoms with E-state index in [-0.39, 0.29) is 30.3 Å². The Kier molecular flexibility index (Phi) is 7.37. The highest BCUT2D eigenvalue weighted by atomic mass is 32.1. The zero-order valence-corrected chi connectivity index (χ0v) is 21.8. The van der Waals surface area contributed by atoms with Crippen LogP contribution in [0.2, 0.25) is 0 Å². The molecular weight excluding hydrogens is 505 g/mol. The van der Waals surface area contributed by atoms with Crippen molar-refractivity contribution in [2.45, 2.75) is 26.0 Å². The number of hydrogen-bond acceptors (Lipinski definition) is 6. The molecule has 1 aromatic heterocycles. The van der Waals surface area contributed by atoms with Crippen molar-refractivity contribution in [2.75, 3.05) is 19.0 Å². The summed E-state index contributed by atoms with van der Waals surface area (Å²) in [6.07, 6.45) is 0.728. The number of amides is 2. The predicted octanol–water partition coefficient (Wildman–Crippen LogP) is 5.62. The van der Waals surface area contributed by atoms with E-state index >= 15 is 0 Å². The first kappa shape index (κ1) is 25.4. The Balaban J connectivity index is 1.30. The number of nitrogens with zero attached hydrogens (tertiary/aromatic N) is 2. The lowest BCUT2D eigenvalue weighted by Gasteiger charge is -2.37. The van der Waals surface area contributed by atoms with Gasteiger partial charge in [0.05, 0.1) is 13.2 Å². The molecule has 4 aromatic rings. The number of ether oxygens (including phenoxy) is 2. The van der Waals surface area contributed by atoms with Crippen LogP contribution in [0.5, 0.6) is 11.5 Å². The lowest BCUT2D eigenvalue weighted by molar-refractivity contribution is -0.130. The average Bonchev–Trinajstić information content (AvgIpc) is 3.41. The van der Waals surface area contributed by atoms with Crippen molar-refractivity contribution in [3.63, 3.8) is 0 Å². The van der Waals surface area contributed by atoms with E-state index in [4.69, 9.17) is 9.47 Å². The fourth-order valence-corrected chi connectivity index (χ4v) is 5.21. The van der Waals surface area contributed by atoms with Gasteiger partial charge in [0.25, 0.3) is 5.91 Å². The molecule has 2 amide bonds. The van der Waals surface area contributed by atoms with Crippen molar-refractivity contribution < 1.29 is 23.5 Å². The molecule has 0 saturated carbocycles. The molecule has 3 aromatic carbocycles. The van der Waals surface area contributed by atoms with Gasteiger partial charge in [-0.2, -0.15) is 0 Å². The summed E-state index contributed by atoms with van der Waals surface area (Å²) >= 11 is 1.34. The highest BCUT2D eigenvalue weighted by Gasteiger charge is 2.31. The summed E-state index contributed by atoms with van der Waals surface area (Å²) < 4.78 is 24.8. The smallest absolute Gasteiger partial charge is 0.275 e. The second-order valence-electron chi connectivity index (χ2n) is 8.87. The summed E-state index contributed by atoms with van der Waals surface area (Å²) in [5.41, 5.74) is 3.87. The maximum atomic E-state index is 13.6. The normalized spacial score (nSPS) is 14.5. The molecule has 1 atom stereocenters. The van der Waals surface area contributed by atoms with E-state index < -0.39 is 0 Å². The third-order valence-electron chi connectivity index (χ3n) is 6.43. The summed E-state index contributed by atoms with van der Waals surface area (Å²) in [5.74, 6) is 0.658. The lowest BCUT2D eigenvalue weighted by Crippen LogP contribution is -2.39. The largest absolute Gasteiger partial charge is 0.497 e. The van der Waals surface area contributed by atoms with Gasteiger partial charge in [0.15, 0.2) is 0 Å². The molecule has 0 unspecified atom stereocenters. The summed E-state index contributed by atoms with van der Waals surface area (Å²) in [5, 5.41) is 5.17.